The third kappa shape index (κ3) is 3.19. The Balaban J connectivity index is 1.43. The molecule has 3 rings (SSSR count). The lowest BCUT2D eigenvalue weighted by Gasteiger charge is -2.40. The second-order valence-corrected chi connectivity index (χ2v) is 6.13. The second-order valence-electron chi connectivity index (χ2n) is 6.13. The third-order valence-corrected chi connectivity index (χ3v) is 4.62. The van der Waals surface area contributed by atoms with Crippen LogP contribution in [0.15, 0.2) is 24.3 Å². The Morgan fingerprint density at radius 1 is 1.20 bits per heavy atom. The number of benzene rings is 1. The maximum atomic E-state index is 12.9. The lowest BCUT2D eigenvalue weighted by Crippen LogP contribution is -2.50. The number of hydrogen-bond donors (Lipinski definition) is 2. The molecule has 0 unspecified atom stereocenters. The van der Waals surface area contributed by atoms with Crippen LogP contribution in [0.3, 0.4) is 0 Å². The first-order chi connectivity index (χ1) is 9.65. The van der Waals surface area contributed by atoms with E-state index in [1.165, 1.54) is 17.7 Å². The zero-order chi connectivity index (χ0) is 14.0. The molecule has 1 aromatic carbocycles. The van der Waals surface area contributed by atoms with Crippen LogP contribution >= 0.6 is 0 Å². The fourth-order valence-electron chi connectivity index (χ4n) is 3.05. The van der Waals surface area contributed by atoms with E-state index < -0.39 is 5.60 Å². The van der Waals surface area contributed by atoms with Gasteiger partial charge in [0.1, 0.15) is 5.82 Å². The molecule has 0 atom stereocenters. The van der Waals surface area contributed by atoms with Crippen LogP contribution in [0.1, 0.15) is 37.2 Å². The predicted molar refractivity (Wildman–Crippen MR) is 75.2 cm³/mol. The largest absolute Gasteiger partial charge is 0.388 e. The number of aliphatic hydroxyl groups is 1. The maximum absolute atomic E-state index is 12.9. The molecule has 2 N–H and O–H groups in total. The van der Waals surface area contributed by atoms with E-state index in [0.29, 0.717) is 44.6 Å². The summed E-state index contributed by atoms with van der Waals surface area (Å²) < 4.78 is 18.1. The molecular formula is C16H22FNO2. The smallest absolute Gasteiger partial charge is 0.123 e. The van der Waals surface area contributed by atoms with Gasteiger partial charge < -0.3 is 15.2 Å². The van der Waals surface area contributed by atoms with Gasteiger partial charge in [-0.15, -0.1) is 0 Å². The standard InChI is InChI=1S/C16H22FNO2/c17-14-3-1-12(2-4-14)13-9-15(10-13)18-11-16(19)5-7-20-8-6-16/h1-4,13,15,18-19H,5-11H2. The van der Waals surface area contributed by atoms with Crippen molar-refractivity contribution >= 4 is 0 Å². The van der Waals surface area contributed by atoms with Crippen LogP contribution in [0.4, 0.5) is 4.39 Å². The van der Waals surface area contributed by atoms with Crippen LogP contribution in [0.2, 0.25) is 0 Å². The number of ether oxygens (including phenoxy) is 1. The first kappa shape index (κ1) is 14.0. The summed E-state index contributed by atoms with van der Waals surface area (Å²) in [5, 5.41) is 13.8. The summed E-state index contributed by atoms with van der Waals surface area (Å²) in [7, 11) is 0. The summed E-state index contributed by atoms with van der Waals surface area (Å²) in [5.41, 5.74) is 0.619. The van der Waals surface area contributed by atoms with E-state index >= 15 is 0 Å². The monoisotopic (exact) mass is 279 g/mol. The van der Waals surface area contributed by atoms with E-state index in [4.69, 9.17) is 4.74 Å². The van der Waals surface area contributed by atoms with Gasteiger partial charge in [0.05, 0.1) is 5.60 Å². The van der Waals surface area contributed by atoms with Crippen LogP contribution in [0, 0.1) is 5.82 Å². The molecule has 4 heteroatoms. The molecule has 1 saturated carbocycles. The van der Waals surface area contributed by atoms with E-state index in [2.05, 4.69) is 5.32 Å². The summed E-state index contributed by atoms with van der Waals surface area (Å²) in [6.07, 6.45) is 3.57. The second kappa shape index (κ2) is 5.80. The average molecular weight is 279 g/mol. The Hall–Kier alpha value is -0.970. The predicted octanol–water partition coefficient (Wildman–Crippen LogP) is 2.20. The molecule has 2 aliphatic rings. The Bertz CT molecular complexity index is 436. The molecule has 0 aromatic heterocycles. The van der Waals surface area contributed by atoms with Crippen LogP contribution in [0.25, 0.3) is 0 Å². The van der Waals surface area contributed by atoms with Crippen molar-refractivity contribution in [3.63, 3.8) is 0 Å². The zero-order valence-electron chi connectivity index (χ0n) is 11.6. The quantitative estimate of drug-likeness (QED) is 0.888. The molecule has 3 nitrogen and oxygen atoms in total. The Kier molecular flexibility index (Phi) is 4.06. The normalized spacial score (nSPS) is 28.9. The molecule has 110 valence electrons. The summed E-state index contributed by atoms with van der Waals surface area (Å²) in [6.45, 7) is 1.96. The number of rotatable bonds is 4. The fourth-order valence-corrected chi connectivity index (χ4v) is 3.05. The van der Waals surface area contributed by atoms with Crippen LogP contribution in [0.5, 0.6) is 0 Å². The average Bonchev–Trinajstić information content (AvgIpc) is 2.40. The number of halogens is 1. The van der Waals surface area contributed by atoms with Crippen molar-refractivity contribution < 1.29 is 14.2 Å². The highest BCUT2D eigenvalue weighted by molar-refractivity contribution is 5.23. The molecule has 1 heterocycles. The molecule has 0 amide bonds. The highest BCUT2D eigenvalue weighted by atomic mass is 19.1. The maximum Gasteiger partial charge on any atom is 0.123 e. The van der Waals surface area contributed by atoms with Crippen LogP contribution in [-0.4, -0.2) is 36.5 Å². The first-order valence-corrected chi connectivity index (χ1v) is 7.44. The summed E-state index contributed by atoms with van der Waals surface area (Å²) >= 11 is 0. The highest BCUT2D eigenvalue weighted by Gasteiger charge is 2.34. The highest BCUT2D eigenvalue weighted by Crippen LogP contribution is 2.37. The van der Waals surface area contributed by atoms with Crippen molar-refractivity contribution in [2.45, 2.75) is 43.2 Å². The summed E-state index contributed by atoms with van der Waals surface area (Å²) in [4.78, 5) is 0. The minimum Gasteiger partial charge on any atom is -0.388 e. The van der Waals surface area contributed by atoms with Gasteiger partial charge in [-0.25, -0.2) is 4.39 Å². The van der Waals surface area contributed by atoms with E-state index in [0.717, 1.165) is 12.8 Å². The fraction of sp³-hybridized carbons (Fsp3) is 0.625. The van der Waals surface area contributed by atoms with Gasteiger partial charge in [-0.3, -0.25) is 0 Å². The van der Waals surface area contributed by atoms with Gasteiger partial charge in [-0.05, 0) is 36.5 Å². The van der Waals surface area contributed by atoms with Gasteiger partial charge >= 0.3 is 0 Å². The van der Waals surface area contributed by atoms with E-state index in [1.54, 1.807) is 0 Å². The molecule has 1 aromatic rings. The Morgan fingerprint density at radius 2 is 1.85 bits per heavy atom. The molecule has 20 heavy (non-hydrogen) atoms. The zero-order valence-corrected chi connectivity index (χ0v) is 11.6. The molecular weight excluding hydrogens is 257 g/mol. The van der Waals surface area contributed by atoms with E-state index in [-0.39, 0.29) is 5.82 Å². The van der Waals surface area contributed by atoms with Gasteiger partial charge in [0.15, 0.2) is 0 Å². The molecule has 2 fully saturated rings. The van der Waals surface area contributed by atoms with Crippen molar-refractivity contribution in [2.75, 3.05) is 19.8 Å². The van der Waals surface area contributed by atoms with E-state index in [1.807, 2.05) is 12.1 Å². The lowest BCUT2D eigenvalue weighted by molar-refractivity contribution is -0.0640. The Morgan fingerprint density at radius 3 is 2.50 bits per heavy atom. The molecule has 1 aliphatic heterocycles. The molecule has 1 saturated heterocycles. The number of hydrogen-bond acceptors (Lipinski definition) is 3. The van der Waals surface area contributed by atoms with Crippen molar-refractivity contribution in [1.29, 1.82) is 0 Å². The van der Waals surface area contributed by atoms with Crippen molar-refractivity contribution in [2.24, 2.45) is 0 Å². The van der Waals surface area contributed by atoms with Gasteiger partial charge in [0, 0.05) is 38.6 Å². The van der Waals surface area contributed by atoms with E-state index in [9.17, 15) is 9.50 Å². The minimum atomic E-state index is -0.598. The van der Waals surface area contributed by atoms with Crippen molar-refractivity contribution in [3.05, 3.63) is 35.6 Å². The molecule has 1 aliphatic carbocycles. The molecule has 0 spiro atoms. The SMILES string of the molecule is OC1(CNC2CC(c3ccc(F)cc3)C2)CCOCC1. The lowest BCUT2D eigenvalue weighted by atomic mass is 9.75. The van der Waals surface area contributed by atoms with Gasteiger partial charge in [0.25, 0.3) is 0 Å². The first-order valence-electron chi connectivity index (χ1n) is 7.44. The van der Waals surface area contributed by atoms with Gasteiger partial charge in [-0.2, -0.15) is 0 Å². The Labute approximate surface area is 119 Å². The summed E-state index contributed by atoms with van der Waals surface area (Å²) in [5.74, 6) is 0.349. The van der Waals surface area contributed by atoms with Crippen LogP contribution < -0.4 is 5.32 Å². The molecule has 0 radical (unpaired) electrons. The summed E-state index contributed by atoms with van der Waals surface area (Å²) in [6, 6.07) is 7.28. The third-order valence-electron chi connectivity index (χ3n) is 4.62. The van der Waals surface area contributed by atoms with Crippen LogP contribution in [-0.2, 0) is 4.74 Å². The van der Waals surface area contributed by atoms with Gasteiger partial charge in [-0.1, -0.05) is 12.1 Å². The number of nitrogens with one attached hydrogen (secondary N) is 1. The molecule has 0 bridgehead atoms. The minimum absolute atomic E-state index is 0.176. The van der Waals surface area contributed by atoms with Crippen molar-refractivity contribution in [3.8, 4) is 0 Å². The van der Waals surface area contributed by atoms with Crippen molar-refractivity contribution in [1.82, 2.24) is 5.32 Å². The van der Waals surface area contributed by atoms with Gasteiger partial charge in [0.2, 0.25) is 0 Å². The topological polar surface area (TPSA) is 41.5 Å².